The maximum atomic E-state index is 14.4. The minimum absolute atomic E-state index is 0.177. The number of carboxylic acids is 1. The molecule has 0 spiro atoms. The molecule has 3 rings (SSSR count). The summed E-state index contributed by atoms with van der Waals surface area (Å²) in [4.78, 5) is 25.5. The highest BCUT2D eigenvalue weighted by atomic mass is 19.1. The first-order valence-electron chi connectivity index (χ1n) is 9.11. The molecule has 0 aromatic heterocycles. The topological polar surface area (TPSA) is 69.6 Å². The Morgan fingerprint density at radius 3 is 2.56 bits per heavy atom. The Hall–Kier alpha value is -2.89. The maximum absolute atomic E-state index is 14.4. The minimum atomic E-state index is -0.887. The smallest absolute Gasteiger partial charge is 0.317 e. The Bertz CT molecular complexity index is 797. The lowest BCUT2D eigenvalue weighted by atomic mass is 9.97. The fourth-order valence-corrected chi connectivity index (χ4v) is 3.45. The fraction of sp³-hybridized carbons (Fsp3) is 0.333. The lowest BCUT2D eigenvalue weighted by molar-refractivity contribution is -0.143. The number of urea groups is 1. The van der Waals surface area contributed by atoms with Gasteiger partial charge in [-0.15, -0.1) is 0 Å². The third kappa shape index (κ3) is 4.84. The number of likely N-dealkylation sites (tertiary alicyclic amines) is 1. The van der Waals surface area contributed by atoms with Gasteiger partial charge >= 0.3 is 12.0 Å². The number of aliphatic carboxylic acids is 1. The molecule has 1 saturated heterocycles. The van der Waals surface area contributed by atoms with E-state index in [4.69, 9.17) is 0 Å². The number of nitrogens with one attached hydrogen (secondary N) is 1. The van der Waals surface area contributed by atoms with Gasteiger partial charge in [-0.1, -0.05) is 48.5 Å². The molecule has 27 heavy (non-hydrogen) atoms. The summed E-state index contributed by atoms with van der Waals surface area (Å²) in [6.45, 7) is 0.682. The Morgan fingerprint density at radius 1 is 1.15 bits per heavy atom. The Balaban J connectivity index is 1.77. The van der Waals surface area contributed by atoms with Gasteiger partial charge in [-0.3, -0.25) is 4.79 Å². The summed E-state index contributed by atoms with van der Waals surface area (Å²) in [6.07, 6.45) is 1.66. The first-order valence-corrected chi connectivity index (χ1v) is 9.11. The molecule has 1 aliphatic rings. The number of hydrogen-bond donors (Lipinski definition) is 2. The minimum Gasteiger partial charge on any atom is -0.481 e. The predicted molar refractivity (Wildman–Crippen MR) is 99.8 cm³/mol. The van der Waals surface area contributed by atoms with Crippen LogP contribution in [0.1, 0.15) is 30.0 Å². The molecule has 2 aromatic rings. The molecule has 0 saturated carbocycles. The van der Waals surface area contributed by atoms with Crippen LogP contribution in [0.5, 0.6) is 0 Å². The van der Waals surface area contributed by atoms with Crippen molar-refractivity contribution in [3.8, 4) is 0 Å². The van der Waals surface area contributed by atoms with Crippen LogP contribution in [-0.2, 0) is 11.2 Å². The highest BCUT2D eigenvalue weighted by Gasteiger charge is 2.29. The van der Waals surface area contributed by atoms with Crippen molar-refractivity contribution < 1.29 is 19.1 Å². The van der Waals surface area contributed by atoms with Gasteiger partial charge in [-0.2, -0.15) is 0 Å². The third-order valence-electron chi connectivity index (χ3n) is 4.92. The van der Waals surface area contributed by atoms with Crippen LogP contribution >= 0.6 is 0 Å². The Labute approximate surface area is 157 Å². The number of benzene rings is 2. The Kier molecular flexibility index (Phi) is 6.06. The van der Waals surface area contributed by atoms with Crippen LogP contribution in [-0.4, -0.2) is 35.1 Å². The van der Waals surface area contributed by atoms with E-state index in [1.165, 1.54) is 11.0 Å². The number of amides is 2. The number of carbonyl (C=O) groups excluding carboxylic acids is 1. The van der Waals surface area contributed by atoms with Crippen molar-refractivity contribution in [3.05, 3.63) is 71.5 Å². The molecule has 1 aliphatic heterocycles. The van der Waals surface area contributed by atoms with Crippen molar-refractivity contribution >= 4 is 12.0 Å². The van der Waals surface area contributed by atoms with E-state index < -0.39 is 17.9 Å². The molecular formula is C21H23FN2O3. The van der Waals surface area contributed by atoms with E-state index in [-0.39, 0.29) is 18.4 Å². The SMILES string of the molecule is O=C(O)C1CCCN(C(=O)NC(Cc2ccccc2)c2ccccc2F)C1. The highest BCUT2D eigenvalue weighted by molar-refractivity contribution is 5.77. The summed E-state index contributed by atoms with van der Waals surface area (Å²) in [6, 6.07) is 15.1. The molecular weight excluding hydrogens is 347 g/mol. The summed E-state index contributed by atoms with van der Waals surface area (Å²) < 4.78 is 14.4. The van der Waals surface area contributed by atoms with Crippen LogP contribution in [0.3, 0.4) is 0 Å². The van der Waals surface area contributed by atoms with Gasteiger partial charge in [0.15, 0.2) is 0 Å². The molecule has 0 bridgehead atoms. The summed E-state index contributed by atoms with van der Waals surface area (Å²) >= 11 is 0. The van der Waals surface area contributed by atoms with E-state index in [0.717, 1.165) is 5.56 Å². The first kappa shape index (κ1) is 18.9. The van der Waals surface area contributed by atoms with Crippen molar-refractivity contribution in [3.63, 3.8) is 0 Å². The number of halogens is 1. The molecule has 1 heterocycles. The number of nitrogens with zero attached hydrogens (tertiary/aromatic N) is 1. The second kappa shape index (κ2) is 8.66. The molecule has 2 atom stereocenters. The van der Waals surface area contributed by atoms with Gasteiger partial charge in [0.1, 0.15) is 5.82 Å². The van der Waals surface area contributed by atoms with Gasteiger partial charge < -0.3 is 15.3 Å². The van der Waals surface area contributed by atoms with E-state index >= 15 is 0 Å². The van der Waals surface area contributed by atoms with Crippen molar-refractivity contribution in [2.45, 2.75) is 25.3 Å². The van der Waals surface area contributed by atoms with E-state index in [1.54, 1.807) is 18.2 Å². The average Bonchev–Trinajstić information content (AvgIpc) is 2.68. The van der Waals surface area contributed by atoms with Gasteiger partial charge in [0.2, 0.25) is 0 Å². The number of rotatable bonds is 5. The highest BCUT2D eigenvalue weighted by Crippen LogP contribution is 2.23. The zero-order valence-electron chi connectivity index (χ0n) is 15.0. The molecule has 2 amide bonds. The van der Waals surface area contributed by atoms with Gasteiger partial charge in [0, 0.05) is 18.7 Å². The average molecular weight is 370 g/mol. The van der Waals surface area contributed by atoms with Crippen LogP contribution in [0, 0.1) is 11.7 Å². The second-order valence-electron chi connectivity index (χ2n) is 6.84. The Morgan fingerprint density at radius 2 is 1.85 bits per heavy atom. The quantitative estimate of drug-likeness (QED) is 0.845. The van der Waals surface area contributed by atoms with E-state index in [9.17, 15) is 19.1 Å². The van der Waals surface area contributed by atoms with Gasteiger partial charge in [-0.05, 0) is 30.9 Å². The van der Waals surface area contributed by atoms with Crippen molar-refractivity contribution in [2.75, 3.05) is 13.1 Å². The van der Waals surface area contributed by atoms with Crippen LogP contribution in [0.2, 0.25) is 0 Å². The van der Waals surface area contributed by atoms with Crippen molar-refractivity contribution in [2.24, 2.45) is 5.92 Å². The summed E-state index contributed by atoms with van der Waals surface area (Å²) in [5.74, 6) is -1.81. The predicted octanol–water partition coefficient (Wildman–Crippen LogP) is 3.62. The van der Waals surface area contributed by atoms with Crippen LogP contribution in [0.15, 0.2) is 54.6 Å². The normalized spacial score (nSPS) is 18.0. The summed E-state index contributed by atoms with van der Waals surface area (Å²) in [7, 11) is 0. The van der Waals surface area contributed by atoms with Crippen molar-refractivity contribution in [1.82, 2.24) is 10.2 Å². The fourth-order valence-electron chi connectivity index (χ4n) is 3.45. The molecule has 2 N–H and O–H groups in total. The van der Waals surface area contributed by atoms with Crippen LogP contribution < -0.4 is 5.32 Å². The number of piperidine rings is 1. The first-order chi connectivity index (χ1) is 13.0. The van der Waals surface area contributed by atoms with E-state index in [0.29, 0.717) is 31.4 Å². The molecule has 0 aliphatic carbocycles. The number of hydrogen-bond acceptors (Lipinski definition) is 2. The van der Waals surface area contributed by atoms with Crippen molar-refractivity contribution in [1.29, 1.82) is 0 Å². The molecule has 6 heteroatoms. The molecule has 5 nitrogen and oxygen atoms in total. The van der Waals surface area contributed by atoms with E-state index in [2.05, 4.69) is 5.32 Å². The zero-order valence-corrected chi connectivity index (χ0v) is 15.0. The maximum Gasteiger partial charge on any atom is 0.317 e. The zero-order chi connectivity index (χ0) is 19.2. The summed E-state index contributed by atoms with van der Waals surface area (Å²) in [5, 5.41) is 12.1. The number of carbonyl (C=O) groups is 2. The van der Waals surface area contributed by atoms with Gasteiger partial charge in [-0.25, -0.2) is 9.18 Å². The van der Waals surface area contributed by atoms with Crippen LogP contribution in [0.4, 0.5) is 9.18 Å². The third-order valence-corrected chi connectivity index (χ3v) is 4.92. The molecule has 142 valence electrons. The standard InChI is InChI=1S/C21H23FN2O3/c22-18-11-5-4-10-17(18)19(13-15-7-2-1-3-8-15)23-21(27)24-12-6-9-16(14-24)20(25)26/h1-5,7-8,10-11,16,19H,6,9,12-14H2,(H,23,27)(H,25,26). The lowest BCUT2D eigenvalue weighted by Gasteiger charge is -2.32. The molecule has 0 radical (unpaired) electrons. The van der Waals surface area contributed by atoms with Gasteiger partial charge in [0.05, 0.1) is 12.0 Å². The molecule has 2 aromatic carbocycles. The number of carboxylic acid groups (broad SMARTS) is 1. The monoisotopic (exact) mass is 370 g/mol. The van der Waals surface area contributed by atoms with Crippen LogP contribution in [0.25, 0.3) is 0 Å². The molecule has 1 fully saturated rings. The second-order valence-corrected chi connectivity index (χ2v) is 6.84. The largest absolute Gasteiger partial charge is 0.481 e. The van der Waals surface area contributed by atoms with Gasteiger partial charge in [0.25, 0.3) is 0 Å². The molecule has 2 unspecified atom stereocenters. The summed E-state index contributed by atoms with van der Waals surface area (Å²) in [5.41, 5.74) is 1.40. The van der Waals surface area contributed by atoms with E-state index in [1.807, 2.05) is 30.3 Å². The lowest BCUT2D eigenvalue weighted by Crippen LogP contribution is -2.48.